The highest BCUT2D eigenvalue weighted by molar-refractivity contribution is 5.95. The zero-order chi connectivity index (χ0) is 12.4. The van der Waals surface area contributed by atoms with Gasteiger partial charge in [-0.1, -0.05) is 6.07 Å². The summed E-state index contributed by atoms with van der Waals surface area (Å²) in [5.41, 5.74) is -0.196. The van der Waals surface area contributed by atoms with Crippen LogP contribution in [0.2, 0.25) is 0 Å². The molecule has 0 saturated carbocycles. The van der Waals surface area contributed by atoms with Gasteiger partial charge in [-0.15, -0.1) is 12.4 Å². The van der Waals surface area contributed by atoms with Crippen LogP contribution >= 0.6 is 12.4 Å². The van der Waals surface area contributed by atoms with E-state index in [-0.39, 0.29) is 24.5 Å². The van der Waals surface area contributed by atoms with E-state index in [1.54, 1.807) is 0 Å². The van der Waals surface area contributed by atoms with Gasteiger partial charge in [-0.3, -0.25) is 4.79 Å². The van der Waals surface area contributed by atoms with Crippen LogP contribution in [0.25, 0.3) is 0 Å². The number of hydrogen-bond acceptors (Lipinski definition) is 3. The average molecular weight is 279 g/mol. The highest BCUT2D eigenvalue weighted by Crippen LogP contribution is 2.17. The monoisotopic (exact) mass is 278 g/mol. The smallest absolute Gasteiger partial charge is 0.241 e. The van der Waals surface area contributed by atoms with Crippen LogP contribution in [0.15, 0.2) is 18.2 Å². The Morgan fingerprint density at radius 3 is 2.78 bits per heavy atom. The van der Waals surface area contributed by atoms with Gasteiger partial charge in [0.25, 0.3) is 0 Å². The third-order valence-corrected chi connectivity index (χ3v) is 2.63. The molecule has 0 aliphatic carbocycles. The van der Waals surface area contributed by atoms with Gasteiger partial charge in [-0.25, -0.2) is 8.78 Å². The maximum atomic E-state index is 13.3. The summed E-state index contributed by atoms with van der Waals surface area (Å²) in [5.74, 6) is -2.58. The molecule has 0 aromatic heterocycles. The first-order chi connectivity index (χ1) is 8.08. The predicted octanol–water partition coefficient (Wildman–Crippen LogP) is 1.05. The molecule has 1 aromatic carbocycles. The van der Waals surface area contributed by atoms with Crippen molar-refractivity contribution in [1.82, 2.24) is 5.32 Å². The number of rotatable bonds is 2. The molecule has 1 aliphatic rings. The van der Waals surface area contributed by atoms with Gasteiger partial charge in [0.1, 0.15) is 0 Å². The van der Waals surface area contributed by atoms with Gasteiger partial charge in [0, 0.05) is 6.54 Å². The Labute approximate surface area is 109 Å². The number of β-amino-alcohol motifs (C(OH)–C–C–N with tert-alkyl or cyclic N) is 1. The minimum absolute atomic E-state index is 0. The van der Waals surface area contributed by atoms with Crippen molar-refractivity contribution in [2.75, 3.05) is 11.9 Å². The first-order valence-corrected chi connectivity index (χ1v) is 5.24. The molecule has 2 rings (SSSR count). The van der Waals surface area contributed by atoms with E-state index >= 15 is 0 Å². The fourth-order valence-electron chi connectivity index (χ4n) is 1.74. The quantitative estimate of drug-likeness (QED) is 0.758. The summed E-state index contributed by atoms with van der Waals surface area (Å²) < 4.78 is 26.2. The van der Waals surface area contributed by atoms with Gasteiger partial charge in [-0.05, 0) is 18.6 Å². The SMILES string of the molecule is Cl.O=C(Nc1cccc(F)c1F)C1CC(O)CN1. The lowest BCUT2D eigenvalue weighted by molar-refractivity contribution is -0.118. The van der Waals surface area contributed by atoms with Crippen LogP contribution in [0.4, 0.5) is 14.5 Å². The van der Waals surface area contributed by atoms with E-state index in [4.69, 9.17) is 0 Å². The molecule has 1 fully saturated rings. The predicted molar refractivity (Wildman–Crippen MR) is 64.7 cm³/mol. The Hall–Kier alpha value is -1.24. The molecule has 1 aliphatic heterocycles. The summed E-state index contributed by atoms with van der Waals surface area (Å²) in [7, 11) is 0. The van der Waals surface area contributed by atoms with Crippen molar-refractivity contribution >= 4 is 24.0 Å². The Balaban J connectivity index is 0.00000162. The highest BCUT2D eigenvalue weighted by Gasteiger charge is 2.28. The lowest BCUT2D eigenvalue weighted by Crippen LogP contribution is -2.35. The number of anilines is 1. The molecule has 7 heteroatoms. The standard InChI is InChI=1S/C11H12F2N2O2.ClH/c12-7-2-1-3-8(10(7)13)15-11(17)9-4-6(16)5-14-9;/h1-3,6,9,14,16H,4-5H2,(H,15,17);1H. The number of benzene rings is 1. The fraction of sp³-hybridized carbons (Fsp3) is 0.364. The number of nitrogens with one attached hydrogen (secondary N) is 2. The molecule has 100 valence electrons. The molecule has 2 unspecified atom stereocenters. The van der Waals surface area contributed by atoms with Gasteiger partial charge in [0.05, 0.1) is 17.8 Å². The lowest BCUT2D eigenvalue weighted by atomic mass is 10.2. The first kappa shape index (κ1) is 14.8. The number of amides is 1. The Kier molecular flexibility index (Phi) is 5.01. The third kappa shape index (κ3) is 3.16. The van der Waals surface area contributed by atoms with E-state index in [2.05, 4.69) is 10.6 Å². The fourth-order valence-corrected chi connectivity index (χ4v) is 1.74. The van der Waals surface area contributed by atoms with Gasteiger partial charge >= 0.3 is 0 Å². The van der Waals surface area contributed by atoms with Crippen molar-refractivity contribution in [3.05, 3.63) is 29.8 Å². The normalized spacial score (nSPS) is 22.4. The van der Waals surface area contributed by atoms with Crippen molar-refractivity contribution in [3.8, 4) is 0 Å². The van der Waals surface area contributed by atoms with Gasteiger partial charge in [0.2, 0.25) is 5.91 Å². The molecule has 1 amide bonds. The number of aliphatic hydroxyl groups excluding tert-OH is 1. The van der Waals surface area contributed by atoms with Crippen LogP contribution in [-0.2, 0) is 4.79 Å². The van der Waals surface area contributed by atoms with E-state index in [1.165, 1.54) is 12.1 Å². The first-order valence-electron chi connectivity index (χ1n) is 5.24. The summed E-state index contributed by atoms with van der Waals surface area (Å²) in [4.78, 5) is 11.6. The molecule has 4 nitrogen and oxygen atoms in total. The van der Waals surface area contributed by atoms with E-state index in [0.29, 0.717) is 6.54 Å². The van der Waals surface area contributed by atoms with Crippen LogP contribution in [0, 0.1) is 11.6 Å². The second-order valence-corrected chi connectivity index (χ2v) is 3.94. The number of halogens is 3. The largest absolute Gasteiger partial charge is 0.392 e. The number of carbonyl (C=O) groups excluding carboxylic acids is 1. The molecule has 0 spiro atoms. The molecular formula is C11H13ClF2N2O2. The second kappa shape index (κ2) is 6.08. The maximum absolute atomic E-state index is 13.3. The topological polar surface area (TPSA) is 61.4 Å². The Morgan fingerprint density at radius 1 is 1.44 bits per heavy atom. The minimum atomic E-state index is -1.08. The van der Waals surface area contributed by atoms with Crippen molar-refractivity contribution < 1.29 is 18.7 Å². The van der Waals surface area contributed by atoms with Crippen LogP contribution in [-0.4, -0.2) is 29.7 Å². The molecule has 0 radical (unpaired) electrons. The van der Waals surface area contributed by atoms with Crippen molar-refractivity contribution in [3.63, 3.8) is 0 Å². The summed E-state index contributed by atoms with van der Waals surface area (Å²) in [6.45, 7) is 0.323. The zero-order valence-electron chi connectivity index (χ0n) is 9.32. The van der Waals surface area contributed by atoms with Gasteiger partial charge in [-0.2, -0.15) is 0 Å². The summed E-state index contributed by atoms with van der Waals surface area (Å²) >= 11 is 0. The Bertz CT molecular complexity index is 445. The van der Waals surface area contributed by atoms with Crippen LogP contribution in [0.3, 0.4) is 0 Å². The molecule has 1 heterocycles. The lowest BCUT2D eigenvalue weighted by Gasteiger charge is -2.11. The number of aliphatic hydroxyl groups is 1. The zero-order valence-corrected chi connectivity index (χ0v) is 10.1. The number of carbonyl (C=O) groups is 1. The molecule has 1 aromatic rings. The van der Waals surface area contributed by atoms with Crippen LogP contribution < -0.4 is 10.6 Å². The van der Waals surface area contributed by atoms with Crippen LogP contribution in [0.5, 0.6) is 0 Å². The molecule has 0 bridgehead atoms. The van der Waals surface area contributed by atoms with Gasteiger partial charge in [0.15, 0.2) is 11.6 Å². The van der Waals surface area contributed by atoms with Crippen molar-refractivity contribution in [2.45, 2.75) is 18.6 Å². The summed E-state index contributed by atoms with van der Waals surface area (Å²) in [6, 6.07) is 2.99. The van der Waals surface area contributed by atoms with E-state index in [9.17, 15) is 18.7 Å². The molecule has 18 heavy (non-hydrogen) atoms. The number of hydrogen-bond donors (Lipinski definition) is 3. The minimum Gasteiger partial charge on any atom is -0.392 e. The molecular weight excluding hydrogens is 266 g/mol. The van der Waals surface area contributed by atoms with E-state index in [1.807, 2.05) is 0 Å². The molecule has 3 N–H and O–H groups in total. The summed E-state index contributed by atoms with van der Waals surface area (Å²) in [6.07, 6.45) is -0.314. The second-order valence-electron chi connectivity index (χ2n) is 3.94. The van der Waals surface area contributed by atoms with E-state index < -0.39 is 29.7 Å². The van der Waals surface area contributed by atoms with Crippen molar-refractivity contribution in [1.29, 1.82) is 0 Å². The van der Waals surface area contributed by atoms with E-state index in [0.717, 1.165) is 6.07 Å². The third-order valence-electron chi connectivity index (χ3n) is 2.63. The van der Waals surface area contributed by atoms with Crippen molar-refractivity contribution in [2.24, 2.45) is 0 Å². The summed E-state index contributed by atoms with van der Waals surface area (Å²) in [5, 5.41) is 14.3. The Morgan fingerprint density at radius 2 is 2.17 bits per heavy atom. The van der Waals surface area contributed by atoms with Gasteiger partial charge < -0.3 is 15.7 Å². The molecule has 1 saturated heterocycles. The average Bonchev–Trinajstić information content (AvgIpc) is 2.72. The highest BCUT2D eigenvalue weighted by atomic mass is 35.5. The maximum Gasteiger partial charge on any atom is 0.241 e. The van der Waals surface area contributed by atoms with Crippen LogP contribution in [0.1, 0.15) is 6.42 Å². The molecule has 2 atom stereocenters.